The van der Waals surface area contributed by atoms with Gasteiger partial charge in [0.25, 0.3) is 0 Å². The Bertz CT molecular complexity index is 1300. The average molecular weight is 447 g/mol. The maximum atomic E-state index is 14.0. The molecular formula is C25H18FNO6. The Balaban J connectivity index is 1.59. The lowest BCUT2D eigenvalue weighted by atomic mass is 10.1. The number of carbonyl (C=O) groups is 2. The van der Waals surface area contributed by atoms with Gasteiger partial charge in [0, 0.05) is 0 Å². The summed E-state index contributed by atoms with van der Waals surface area (Å²) in [6, 6.07) is 17.3. The fourth-order valence-electron chi connectivity index (χ4n) is 3.14. The number of cyclic esters (lactones) is 1. The van der Waals surface area contributed by atoms with E-state index in [1.165, 1.54) is 44.6 Å². The molecule has 0 radical (unpaired) electrons. The predicted octanol–water partition coefficient (Wildman–Crippen LogP) is 4.41. The summed E-state index contributed by atoms with van der Waals surface area (Å²) < 4.78 is 35.1. The van der Waals surface area contributed by atoms with Crippen molar-refractivity contribution in [3.63, 3.8) is 0 Å². The summed E-state index contributed by atoms with van der Waals surface area (Å²) in [4.78, 5) is 28.9. The maximum Gasteiger partial charge on any atom is 0.363 e. The summed E-state index contributed by atoms with van der Waals surface area (Å²) in [5.41, 5.74) is 0.880. The summed E-state index contributed by atoms with van der Waals surface area (Å²) in [5, 5.41) is 0. The molecule has 0 fully saturated rings. The number of hydrogen-bond acceptors (Lipinski definition) is 7. The number of nitrogens with zero attached hydrogens (tertiary/aromatic N) is 1. The topological polar surface area (TPSA) is 83.4 Å². The highest BCUT2D eigenvalue weighted by Gasteiger charge is 2.26. The molecule has 0 spiro atoms. The molecule has 3 aromatic carbocycles. The lowest BCUT2D eigenvalue weighted by Gasteiger charge is -2.11. The van der Waals surface area contributed by atoms with Crippen LogP contribution < -0.4 is 14.2 Å². The van der Waals surface area contributed by atoms with Gasteiger partial charge in [-0.3, -0.25) is 0 Å². The van der Waals surface area contributed by atoms with Crippen molar-refractivity contribution < 1.29 is 32.9 Å². The molecule has 0 unspecified atom stereocenters. The van der Waals surface area contributed by atoms with Crippen molar-refractivity contribution in [1.82, 2.24) is 0 Å². The second kappa shape index (κ2) is 9.35. The Labute approximate surface area is 188 Å². The van der Waals surface area contributed by atoms with Gasteiger partial charge in [-0.15, -0.1) is 0 Å². The van der Waals surface area contributed by atoms with Crippen LogP contribution in [0.4, 0.5) is 4.39 Å². The molecule has 1 aliphatic heterocycles. The molecule has 0 amide bonds. The highest BCUT2D eigenvalue weighted by molar-refractivity contribution is 6.13. The van der Waals surface area contributed by atoms with Crippen LogP contribution in [0.2, 0.25) is 0 Å². The molecule has 1 heterocycles. The zero-order valence-electron chi connectivity index (χ0n) is 17.7. The zero-order chi connectivity index (χ0) is 23.4. The number of benzene rings is 3. The number of methoxy groups -OCH3 is 2. The first-order valence-electron chi connectivity index (χ1n) is 9.81. The van der Waals surface area contributed by atoms with E-state index in [9.17, 15) is 14.0 Å². The maximum absolute atomic E-state index is 14.0. The molecule has 0 bridgehead atoms. The van der Waals surface area contributed by atoms with Crippen molar-refractivity contribution >= 4 is 23.9 Å². The third-order valence-corrected chi connectivity index (χ3v) is 4.75. The Morgan fingerprint density at radius 2 is 1.67 bits per heavy atom. The van der Waals surface area contributed by atoms with E-state index in [4.69, 9.17) is 18.9 Å². The van der Waals surface area contributed by atoms with Gasteiger partial charge in [0.1, 0.15) is 17.1 Å². The molecule has 0 saturated heterocycles. The van der Waals surface area contributed by atoms with Crippen LogP contribution in [-0.2, 0) is 9.53 Å². The van der Waals surface area contributed by atoms with E-state index in [0.29, 0.717) is 11.3 Å². The quantitative estimate of drug-likeness (QED) is 0.316. The van der Waals surface area contributed by atoms with Crippen LogP contribution in [0.3, 0.4) is 0 Å². The molecule has 0 aliphatic carbocycles. The van der Waals surface area contributed by atoms with Gasteiger partial charge >= 0.3 is 11.9 Å². The lowest BCUT2D eigenvalue weighted by molar-refractivity contribution is -0.129. The van der Waals surface area contributed by atoms with Crippen molar-refractivity contribution in [1.29, 1.82) is 0 Å². The number of halogens is 1. The highest BCUT2D eigenvalue weighted by atomic mass is 19.1. The van der Waals surface area contributed by atoms with Crippen LogP contribution in [-0.4, -0.2) is 32.1 Å². The molecule has 3 aromatic rings. The van der Waals surface area contributed by atoms with Crippen LogP contribution in [0.1, 0.15) is 21.5 Å². The first-order chi connectivity index (χ1) is 16.0. The molecule has 0 saturated carbocycles. The SMILES string of the molecule is COc1cc(/C=C2/N=C(c3ccccc3F)OC2=O)ccc1OC(=O)c1ccccc1OC. The molecule has 0 aromatic heterocycles. The Morgan fingerprint density at radius 1 is 0.939 bits per heavy atom. The molecule has 33 heavy (non-hydrogen) atoms. The normalized spacial score (nSPS) is 14.0. The van der Waals surface area contributed by atoms with Gasteiger partial charge < -0.3 is 18.9 Å². The fourth-order valence-corrected chi connectivity index (χ4v) is 3.14. The summed E-state index contributed by atoms with van der Waals surface area (Å²) in [7, 11) is 2.88. The van der Waals surface area contributed by atoms with E-state index in [0.717, 1.165) is 0 Å². The molecule has 4 rings (SSSR count). The third-order valence-electron chi connectivity index (χ3n) is 4.75. The molecule has 0 atom stereocenters. The third kappa shape index (κ3) is 4.59. The largest absolute Gasteiger partial charge is 0.496 e. The van der Waals surface area contributed by atoms with Crippen LogP contribution in [0, 0.1) is 5.82 Å². The zero-order valence-corrected chi connectivity index (χ0v) is 17.7. The molecule has 7 nitrogen and oxygen atoms in total. The number of hydrogen-bond donors (Lipinski definition) is 0. The molecule has 0 N–H and O–H groups in total. The van der Waals surface area contributed by atoms with Crippen molar-refractivity contribution in [3.05, 3.63) is 94.9 Å². The first-order valence-corrected chi connectivity index (χ1v) is 9.81. The van der Waals surface area contributed by atoms with Gasteiger partial charge in [-0.25, -0.2) is 19.0 Å². The van der Waals surface area contributed by atoms with E-state index in [1.54, 1.807) is 42.5 Å². The standard InChI is InChI=1S/C25H18FNO6/c1-30-20-10-6-4-8-17(20)24(28)32-21-12-11-15(14-22(21)31-2)13-19-25(29)33-23(27-19)16-7-3-5-9-18(16)26/h3-14H,1-2H3/b19-13+. The second-order valence-corrected chi connectivity index (χ2v) is 6.82. The van der Waals surface area contributed by atoms with Crippen molar-refractivity contribution in [3.8, 4) is 17.2 Å². The van der Waals surface area contributed by atoms with Crippen LogP contribution in [0.5, 0.6) is 17.2 Å². The number of aliphatic imine (C=N–C) groups is 1. The van der Waals surface area contributed by atoms with Gasteiger partial charge in [-0.1, -0.05) is 30.3 Å². The van der Waals surface area contributed by atoms with E-state index >= 15 is 0 Å². The number of carbonyl (C=O) groups excluding carboxylic acids is 2. The smallest absolute Gasteiger partial charge is 0.363 e. The predicted molar refractivity (Wildman–Crippen MR) is 118 cm³/mol. The van der Waals surface area contributed by atoms with E-state index in [2.05, 4.69) is 4.99 Å². The minimum atomic E-state index is -0.709. The highest BCUT2D eigenvalue weighted by Crippen LogP contribution is 2.31. The molecule has 1 aliphatic rings. The molecule has 8 heteroatoms. The fraction of sp³-hybridized carbons (Fsp3) is 0.0800. The first kappa shape index (κ1) is 21.8. The Morgan fingerprint density at radius 3 is 2.42 bits per heavy atom. The van der Waals surface area contributed by atoms with E-state index in [-0.39, 0.29) is 34.2 Å². The number of rotatable bonds is 6. The Hall–Kier alpha value is -4.46. The average Bonchev–Trinajstić information content (AvgIpc) is 3.19. The van der Waals surface area contributed by atoms with Crippen molar-refractivity contribution in [2.75, 3.05) is 14.2 Å². The summed E-state index contributed by atoms with van der Waals surface area (Å²) in [6.07, 6.45) is 1.46. The van der Waals surface area contributed by atoms with Gasteiger partial charge in [-0.05, 0) is 48.0 Å². The van der Waals surface area contributed by atoms with Crippen molar-refractivity contribution in [2.45, 2.75) is 0 Å². The van der Waals surface area contributed by atoms with Crippen molar-refractivity contribution in [2.24, 2.45) is 4.99 Å². The number of ether oxygens (including phenoxy) is 4. The minimum Gasteiger partial charge on any atom is -0.496 e. The lowest BCUT2D eigenvalue weighted by Crippen LogP contribution is -2.10. The van der Waals surface area contributed by atoms with Gasteiger partial charge in [-0.2, -0.15) is 0 Å². The van der Waals surface area contributed by atoms with Gasteiger partial charge in [0.15, 0.2) is 17.2 Å². The van der Waals surface area contributed by atoms with Crippen LogP contribution in [0.15, 0.2) is 77.4 Å². The summed E-state index contributed by atoms with van der Waals surface area (Å²) in [5.74, 6) is -1.16. The number of esters is 2. The summed E-state index contributed by atoms with van der Waals surface area (Å²) in [6.45, 7) is 0. The molecule has 166 valence electrons. The second-order valence-electron chi connectivity index (χ2n) is 6.82. The monoisotopic (exact) mass is 447 g/mol. The Kier molecular flexibility index (Phi) is 6.17. The minimum absolute atomic E-state index is 0.00549. The van der Waals surface area contributed by atoms with E-state index < -0.39 is 17.8 Å². The van der Waals surface area contributed by atoms with Crippen LogP contribution >= 0.6 is 0 Å². The summed E-state index contributed by atoms with van der Waals surface area (Å²) >= 11 is 0. The van der Waals surface area contributed by atoms with Gasteiger partial charge in [0.2, 0.25) is 5.90 Å². The number of para-hydroxylation sites is 1. The van der Waals surface area contributed by atoms with E-state index in [1.807, 2.05) is 0 Å². The van der Waals surface area contributed by atoms with Crippen LogP contribution in [0.25, 0.3) is 6.08 Å². The molecular weight excluding hydrogens is 429 g/mol. The van der Waals surface area contributed by atoms with Gasteiger partial charge in [0.05, 0.1) is 19.8 Å².